The molecule has 0 spiro atoms. The van der Waals surface area contributed by atoms with Gasteiger partial charge in [0.1, 0.15) is 0 Å². The van der Waals surface area contributed by atoms with Crippen molar-refractivity contribution in [3.63, 3.8) is 0 Å². The van der Waals surface area contributed by atoms with Gasteiger partial charge in [0.15, 0.2) is 10.4 Å². The van der Waals surface area contributed by atoms with Crippen LogP contribution in [0.3, 0.4) is 0 Å². The molecule has 19 heavy (non-hydrogen) atoms. The number of likely N-dealkylation sites (tertiary alicyclic amines) is 1. The zero-order chi connectivity index (χ0) is 13.2. The molecular weight excluding hydrogens is 260 g/mol. The Kier molecular flexibility index (Phi) is 3.52. The Labute approximate surface area is 117 Å². The average molecular weight is 278 g/mol. The molecule has 0 saturated carbocycles. The lowest BCUT2D eigenvalue weighted by atomic mass is 10.4. The van der Waals surface area contributed by atoms with Crippen LogP contribution in [-0.2, 0) is 6.54 Å². The molecule has 6 heteroatoms. The molecule has 3 rings (SSSR count). The Balaban J connectivity index is 1.88. The second-order valence-corrected chi connectivity index (χ2v) is 5.24. The fourth-order valence-corrected chi connectivity index (χ4v) is 2.87. The Bertz CT molecular complexity index is 627. The van der Waals surface area contributed by atoms with Crippen LogP contribution in [0.1, 0.15) is 12.8 Å². The van der Waals surface area contributed by atoms with Gasteiger partial charge in [0.25, 0.3) is 0 Å². The van der Waals surface area contributed by atoms with Gasteiger partial charge in [-0.3, -0.25) is 0 Å². The summed E-state index contributed by atoms with van der Waals surface area (Å²) >= 11 is 5.38. The van der Waals surface area contributed by atoms with Crippen LogP contribution < -0.4 is 4.74 Å². The van der Waals surface area contributed by atoms with Crippen molar-refractivity contribution in [2.24, 2.45) is 0 Å². The molecule has 1 saturated heterocycles. The zero-order valence-corrected chi connectivity index (χ0v) is 11.9. The lowest BCUT2D eigenvalue weighted by molar-refractivity contribution is 0.323. The van der Waals surface area contributed by atoms with Gasteiger partial charge in [-0.25, -0.2) is 0 Å². The molecule has 1 aliphatic rings. The van der Waals surface area contributed by atoms with Crippen molar-refractivity contribution < 1.29 is 4.74 Å². The molecule has 102 valence electrons. The van der Waals surface area contributed by atoms with Crippen molar-refractivity contribution in [1.82, 2.24) is 19.4 Å². The molecule has 2 aromatic heterocycles. The van der Waals surface area contributed by atoms with E-state index in [9.17, 15) is 0 Å². The van der Waals surface area contributed by atoms with Gasteiger partial charge >= 0.3 is 0 Å². The van der Waals surface area contributed by atoms with Crippen molar-refractivity contribution in [3.8, 4) is 5.88 Å². The predicted molar refractivity (Wildman–Crippen MR) is 77.1 cm³/mol. The van der Waals surface area contributed by atoms with Gasteiger partial charge in [0.05, 0.1) is 12.6 Å². The smallest absolute Gasteiger partial charge is 0.215 e. The number of pyridine rings is 1. The molecule has 1 N–H and O–H groups in total. The minimum atomic E-state index is 0.622. The number of imidazole rings is 1. The maximum Gasteiger partial charge on any atom is 0.215 e. The molecule has 0 atom stereocenters. The Hall–Kier alpha value is -1.40. The number of ether oxygens (including phenoxy) is 1. The quantitative estimate of drug-likeness (QED) is 0.871. The van der Waals surface area contributed by atoms with E-state index in [0.717, 1.165) is 29.0 Å². The van der Waals surface area contributed by atoms with Crippen LogP contribution in [0.4, 0.5) is 0 Å². The van der Waals surface area contributed by atoms with Crippen molar-refractivity contribution >= 4 is 23.4 Å². The molecule has 0 aliphatic carbocycles. The van der Waals surface area contributed by atoms with Crippen LogP contribution in [0.5, 0.6) is 5.88 Å². The number of fused-ring (bicyclic) bond motifs is 1. The molecule has 1 fully saturated rings. The van der Waals surface area contributed by atoms with Crippen LogP contribution in [0.15, 0.2) is 12.1 Å². The van der Waals surface area contributed by atoms with Gasteiger partial charge in [-0.2, -0.15) is 4.98 Å². The summed E-state index contributed by atoms with van der Waals surface area (Å²) in [6.45, 7) is 4.30. The number of hydrogen-bond acceptors (Lipinski definition) is 4. The van der Waals surface area contributed by atoms with Gasteiger partial charge < -0.3 is 19.2 Å². The number of nitrogens with zero attached hydrogens (tertiary/aromatic N) is 3. The van der Waals surface area contributed by atoms with E-state index in [1.54, 1.807) is 7.11 Å². The third-order valence-corrected chi connectivity index (χ3v) is 3.96. The summed E-state index contributed by atoms with van der Waals surface area (Å²) in [5.41, 5.74) is 1.84. The number of methoxy groups -OCH3 is 1. The lowest BCUT2D eigenvalue weighted by Crippen LogP contribution is -2.24. The van der Waals surface area contributed by atoms with E-state index in [0.29, 0.717) is 5.88 Å². The molecule has 1 aliphatic heterocycles. The van der Waals surface area contributed by atoms with Gasteiger partial charge in [-0.05, 0) is 44.2 Å². The first-order chi connectivity index (χ1) is 9.28. The number of H-pyrrole nitrogens is 1. The third kappa shape index (κ3) is 2.50. The van der Waals surface area contributed by atoms with E-state index in [1.165, 1.54) is 25.9 Å². The standard InChI is InChI=1S/C13H18N4OS/c1-18-11-5-4-10-12(15-11)17(13(19)14-10)9-8-16-6-2-3-7-16/h4-5H,2-3,6-9H2,1H3,(H,14,19). The number of nitrogens with one attached hydrogen (secondary N) is 1. The molecule has 2 aromatic rings. The fraction of sp³-hybridized carbons (Fsp3) is 0.538. The van der Waals surface area contributed by atoms with E-state index in [-0.39, 0.29) is 0 Å². The summed E-state index contributed by atoms with van der Waals surface area (Å²) in [5.74, 6) is 0.622. The molecule has 0 bridgehead atoms. The summed E-state index contributed by atoms with van der Waals surface area (Å²) in [7, 11) is 1.63. The first kappa shape index (κ1) is 12.6. The SMILES string of the molecule is COc1ccc2[nH]c(=S)n(CCN3CCCC3)c2n1. The first-order valence-electron chi connectivity index (χ1n) is 6.64. The highest BCUT2D eigenvalue weighted by Crippen LogP contribution is 2.17. The highest BCUT2D eigenvalue weighted by molar-refractivity contribution is 7.71. The van der Waals surface area contributed by atoms with Crippen LogP contribution >= 0.6 is 12.2 Å². The number of aromatic amines is 1. The largest absolute Gasteiger partial charge is 0.481 e. The Morgan fingerprint density at radius 2 is 2.11 bits per heavy atom. The molecule has 0 radical (unpaired) electrons. The van der Waals surface area contributed by atoms with Crippen molar-refractivity contribution in [3.05, 3.63) is 16.9 Å². The van der Waals surface area contributed by atoms with E-state index >= 15 is 0 Å². The summed E-state index contributed by atoms with van der Waals surface area (Å²) in [4.78, 5) is 10.2. The maximum atomic E-state index is 5.38. The average Bonchev–Trinajstić information content (AvgIpc) is 3.03. The number of hydrogen-bond donors (Lipinski definition) is 1. The van der Waals surface area contributed by atoms with Crippen LogP contribution in [0.25, 0.3) is 11.2 Å². The summed E-state index contributed by atoms with van der Waals surface area (Å²) in [6.07, 6.45) is 2.62. The number of aromatic nitrogens is 3. The molecule has 3 heterocycles. The van der Waals surface area contributed by atoms with Crippen molar-refractivity contribution in [2.45, 2.75) is 19.4 Å². The second-order valence-electron chi connectivity index (χ2n) is 4.86. The normalized spacial score (nSPS) is 16.3. The lowest BCUT2D eigenvalue weighted by Gasteiger charge is -2.14. The number of rotatable bonds is 4. The predicted octanol–water partition coefficient (Wildman–Crippen LogP) is 2.20. The van der Waals surface area contributed by atoms with Crippen molar-refractivity contribution in [2.75, 3.05) is 26.7 Å². The topological polar surface area (TPSA) is 46.1 Å². The minimum absolute atomic E-state index is 0.622. The van der Waals surface area contributed by atoms with E-state index < -0.39 is 0 Å². The van der Waals surface area contributed by atoms with E-state index in [1.807, 2.05) is 12.1 Å². The van der Waals surface area contributed by atoms with E-state index in [2.05, 4.69) is 19.4 Å². The molecule has 0 amide bonds. The van der Waals surface area contributed by atoms with Gasteiger partial charge in [0.2, 0.25) is 5.88 Å². The summed E-state index contributed by atoms with van der Waals surface area (Å²) in [5, 5.41) is 0. The first-order valence-corrected chi connectivity index (χ1v) is 7.04. The van der Waals surface area contributed by atoms with Gasteiger partial charge in [-0.15, -0.1) is 0 Å². The van der Waals surface area contributed by atoms with E-state index in [4.69, 9.17) is 17.0 Å². The zero-order valence-electron chi connectivity index (χ0n) is 11.1. The summed E-state index contributed by atoms with van der Waals surface area (Å²) < 4.78 is 7.97. The van der Waals surface area contributed by atoms with Crippen LogP contribution in [0, 0.1) is 4.77 Å². The van der Waals surface area contributed by atoms with Gasteiger partial charge in [-0.1, -0.05) is 0 Å². The molecule has 5 nitrogen and oxygen atoms in total. The fourth-order valence-electron chi connectivity index (χ4n) is 2.58. The maximum absolute atomic E-state index is 5.38. The molecule has 0 aromatic carbocycles. The van der Waals surface area contributed by atoms with Crippen LogP contribution in [-0.4, -0.2) is 46.2 Å². The van der Waals surface area contributed by atoms with Gasteiger partial charge in [0, 0.05) is 19.2 Å². The minimum Gasteiger partial charge on any atom is -0.481 e. The second kappa shape index (κ2) is 5.30. The monoisotopic (exact) mass is 278 g/mol. The van der Waals surface area contributed by atoms with Crippen LogP contribution in [0.2, 0.25) is 0 Å². The summed E-state index contributed by atoms with van der Waals surface area (Å²) in [6, 6.07) is 3.81. The Morgan fingerprint density at radius 1 is 1.32 bits per heavy atom. The van der Waals surface area contributed by atoms with Crippen molar-refractivity contribution in [1.29, 1.82) is 0 Å². The third-order valence-electron chi connectivity index (χ3n) is 3.64. The highest BCUT2D eigenvalue weighted by Gasteiger charge is 2.13. The Morgan fingerprint density at radius 3 is 2.84 bits per heavy atom. The highest BCUT2D eigenvalue weighted by atomic mass is 32.1. The molecular formula is C13H18N4OS. The molecule has 0 unspecified atom stereocenters.